The molecule has 0 aliphatic carbocycles. The number of hydrogen-bond donors (Lipinski definition) is 2. The van der Waals surface area contributed by atoms with Crippen LogP contribution >= 0.6 is 11.6 Å². The van der Waals surface area contributed by atoms with Gasteiger partial charge in [0.1, 0.15) is 0 Å². The maximum absolute atomic E-state index is 12.4. The summed E-state index contributed by atoms with van der Waals surface area (Å²) in [5.41, 5.74) is 11.5. The second kappa shape index (κ2) is 5.59. The van der Waals surface area contributed by atoms with Gasteiger partial charge >= 0.3 is 0 Å². The van der Waals surface area contributed by atoms with Crippen molar-refractivity contribution < 1.29 is 9.59 Å². The van der Waals surface area contributed by atoms with E-state index in [0.717, 1.165) is 12.8 Å². The molecule has 1 aromatic carbocycles. The molecule has 4 N–H and O–H groups in total. The minimum absolute atomic E-state index is 0.0689. The second-order valence-corrected chi connectivity index (χ2v) is 5.00. The number of rotatable bonds is 3. The van der Waals surface area contributed by atoms with Gasteiger partial charge in [0.2, 0.25) is 5.91 Å². The number of nitrogens with two attached hydrogens (primary N) is 2. The Balaban J connectivity index is 2.26. The number of carbonyl (C=O) groups is 2. The predicted octanol–water partition coefficient (Wildman–Crippen LogP) is 1.00. The van der Waals surface area contributed by atoms with E-state index in [1.54, 1.807) is 4.90 Å². The Labute approximate surface area is 116 Å². The van der Waals surface area contributed by atoms with E-state index in [9.17, 15) is 9.59 Å². The number of amides is 2. The molecular formula is C13H16ClN3O2. The lowest BCUT2D eigenvalue weighted by atomic mass is 10.1. The van der Waals surface area contributed by atoms with E-state index in [1.165, 1.54) is 18.2 Å². The standard InChI is InChI=1S/C13H16ClN3O2/c14-11-6-8(12(16)18)3-4-10(11)13(19)17-5-1-2-9(17)7-15/h3-4,6,9H,1-2,5,7,15H2,(H2,16,18)/t9-/m0/s1. The molecule has 1 heterocycles. The highest BCUT2D eigenvalue weighted by Crippen LogP contribution is 2.24. The van der Waals surface area contributed by atoms with E-state index in [0.29, 0.717) is 24.2 Å². The molecule has 0 unspecified atom stereocenters. The summed E-state index contributed by atoms with van der Waals surface area (Å²) in [6.07, 6.45) is 1.86. The van der Waals surface area contributed by atoms with Gasteiger partial charge in [-0.05, 0) is 31.0 Å². The van der Waals surface area contributed by atoms with Gasteiger partial charge in [-0.3, -0.25) is 9.59 Å². The third-order valence-electron chi connectivity index (χ3n) is 3.39. The van der Waals surface area contributed by atoms with Crippen LogP contribution in [0.25, 0.3) is 0 Å². The molecule has 6 heteroatoms. The third-order valence-corrected chi connectivity index (χ3v) is 3.71. The van der Waals surface area contributed by atoms with Crippen molar-refractivity contribution in [2.24, 2.45) is 11.5 Å². The SMILES string of the molecule is NC[C@@H]1CCCN1C(=O)c1ccc(C(N)=O)cc1Cl. The summed E-state index contributed by atoms with van der Waals surface area (Å²) in [5.74, 6) is -0.712. The first-order valence-corrected chi connectivity index (χ1v) is 6.52. The Morgan fingerprint density at radius 2 is 2.16 bits per heavy atom. The summed E-state index contributed by atoms with van der Waals surface area (Å²) < 4.78 is 0. The van der Waals surface area contributed by atoms with Gasteiger partial charge in [0.25, 0.3) is 5.91 Å². The molecule has 2 rings (SSSR count). The highest BCUT2D eigenvalue weighted by atomic mass is 35.5. The van der Waals surface area contributed by atoms with E-state index < -0.39 is 5.91 Å². The van der Waals surface area contributed by atoms with Crippen LogP contribution < -0.4 is 11.5 Å². The summed E-state index contributed by atoms with van der Waals surface area (Å²) in [5, 5.41) is 0.240. The van der Waals surface area contributed by atoms with Crippen molar-refractivity contribution in [1.82, 2.24) is 4.90 Å². The lowest BCUT2D eigenvalue weighted by molar-refractivity contribution is 0.0741. The van der Waals surface area contributed by atoms with E-state index in [-0.39, 0.29) is 17.0 Å². The number of benzene rings is 1. The topological polar surface area (TPSA) is 89.4 Å². The Bertz CT molecular complexity index is 519. The minimum atomic E-state index is -0.568. The average molecular weight is 282 g/mol. The van der Waals surface area contributed by atoms with Gasteiger partial charge in [-0.25, -0.2) is 0 Å². The fraction of sp³-hybridized carbons (Fsp3) is 0.385. The zero-order valence-electron chi connectivity index (χ0n) is 10.4. The molecule has 102 valence electrons. The number of halogens is 1. The molecule has 0 bridgehead atoms. The molecule has 1 aliphatic heterocycles. The molecule has 1 aliphatic rings. The largest absolute Gasteiger partial charge is 0.366 e. The van der Waals surface area contributed by atoms with Crippen molar-refractivity contribution in [1.29, 1.82) is 0 Å². The number of carbonyl (C=O) groups excluding carboxylic acids is 2. The first-order valence-electron chi connectivity index (χ1n) is 6.15. The van der Waals surface area contributed by atoms with Crippen LogP contribution in [0.4, 0.5) is 0 Å². The highest BCUT2D eigenvalue weighted by molar-refractivity contribution is 6.34. The monoisotopic (exact) mass is 281 g/mol. The lowest BCUT2D eigenvalue weighted by Crippen LogP contribution is -2.40. The zero-order chi connectivity index (χ0) is 14.0. The molecular weight excluding hydrogens is 266 g/mol. The predicted molar refractivity (Wildman–Crippen MR) is 73.1 cm³/mol. The normalized spacial score (nSPS) is 18.6. The van der Waals surface area contributed by atoms with Crippen LogP contribution in [0.2, 0.25) is 5.02 Å². The molecule has 0 aromatic heterocycles. The molecule has 0 spiro atoms. The molecule has 1 atom stereocenters. The first-order chi connectivity index (χ1) is 9.04. The summed E-state index contributed by atoms with van der Waals surface area (Å²) in [6, 6.07) is 4.54. The molecule has 19 heavy (non-hydrogen) atoms. The summed E-state index contributed by atoms with van der Waals surface area (Å²) >= 11 is 6.05. The smallest absolute Gasteiger partial charge is 0.255 e. The van der Waals surface area contributed by atoms with E-state index in [2.05, 4.69) is 0 Å². The van der Waals surface area contributed by atoms with Crippen molar-refractivity contribution in [2.75, 3.05) is 13.1 Å². The Morgan fingerprint density at radius 1 is 1.42 bits per heavy atom. The summed E-state index contributed by atoms with van der Waals surface area (Å²) in [4.78, 5) is 25.2. The van der Waals surface area contributed by atoms with Crippen LogP contribution in [0, 0.1) is 0 Å². The van der Waals surface area contributed by atoms with Gasteiger partial charge in [-0.2, -0.15) is 0 Å². The molecule has 5 nitrogen and oxygen atoms in total. The van der Waals surface area contributed by atoms with Crippen LogP contribution in [0.1, 0.15) is 33.6 Å². The lowest BCUT2D eigenvalue weighted by Gasteiger charge is -2.24. The maximum Gasteiger partial charge on any atom is 0.255 e. The summed E-state index contributed by atoms with van der Waals surface area (Å²) in [6.45, 7) is 1.14. The zero-order valence-corrected chi connectivity index (χ0v) is 11.2. The minimum Gasteiger partial charge on any atom is -0.366 e. The molecule has 1 aromatic rings. The number of nitrogens with zero attached hydrogens (tertiary/aromatic N) is 1. The van der Waals surface area contributed by atoms with E-state index in [4.69, 9.17) is 23.1 Å². The van der Waals surface area contributed by atoms with Crippen molar-refractivity contribution in [2.45, 2.75) is 18.9 Å². The molecule has 2 amide bonds. The Kier molecular flexibility index (Phi) is 4.07. The fourth-order valence-corrected chi connectivity index (χ4v) is 2.61. The Morgan fingerprint density at radius 3 is 2.74 bits per heavy atom. The molecule has 0 saturated carbocycles. The van der Waals surface area contributed by atoms with Crippen LogP contribution in [0.3, 0.4) is 0 Å². The van der Waals surface area contributed by atoms with Crippen molar-refractivity contribution in [3.63, 3.8) is 0 Å². The van der Waals surface area contributed by atoms with Gasteiger partial charge in [-0.15, -0.1) is 0 Å². The van der Waals surface area contributed by atoms with Crippen molar-refractivity contribution in [3.8, 4) is 0 Å². The number of primary amides is 1. The van der Waals surface area contributed by atoms with Gasteiger partial charge in [0.15, 0.2) is 0 Å². The quantitative estimate of drug-likeness (QED) is 0.866. The first kappa shape index (κ1) is 13.8. The molecule has 1 saturated heterocycles. The van der Waals surface area contributed by atoms with E-state index in [1.807, 2.05) is 0 Å². The van der Waals surface area contributed by atoms with Crippen LogP contribution in [0.5, 0.6) is 0 Å². The number of likely N-dealkylation sites (tertiary alicyclic amines) is 1. The van der Waals surface area contributed by atoms with Crippen LogP contribution in [-0.4, -0.2) is 35.8 Å². The van der Waals surface area contributed by atoms with Crippen LogP contribution in [0.15, 0.2) is 18.2 Å². The molecule has 1 fully saturated rings. The third kappa shape index (κ3) is 2.72. The van der Waals surface area contributed by atoms with Crippen molar-refractivity contribution in [3.05, 3.63) is 34.3 Å². The summed E-state index contributed by atoms with van der Waals surface area (Å²) in [7, 11) is 0. The van der Waals surface area contributed by atoms with Gasteiger partial charge in [0, 0.05) is 24.7 Å². The average Bonchev–Trinajstić information content (AvgIpc) is 2.85. The van der Waals surface area contributed by atoms with Crippen molar-refractivity contribution >= 4 is 23.4 Å². The maximum atomic E-state index is 12.4. The van der Waals surface area contributed by atoms with Gasteiger partial charge < -0.3 is 16.4 Å². The van der Waals surface area contributed by atoms with Gasteiger partial charge in [0.05, 0.1) is 10.6 Å². The van der Waals surface area contributed by atoms with Crippen LogP contribution in [-0.2, 0) is 0 Å². The van der Waals surface area contributed by atoms with E-state index >= 15 is 0 Å². The van der Waals surface area contributed by atoms with Gasteiger partial charge in [-0.1, -0.05) is 11.6 Å². The fourth-order valence-electron chi connectivity index (χ4n) is 2.34. The number of hydrogen-bond acceptors (Lipinski definition) is 3. The second-order valence-electron chi connectivity index (χ2n) is 4.59. The Hall–Kier alpha value is -1.59. The highest BCUT2D eigenvalue weighted by Gasteiger charge is 2.29. The molecule has 0 radical (unpaired) electrons.